The molecular formula is C18H22ClFIN3O2S. The number of halogens is 3. The maximum atomic E-state index is 13.7. The number of rotatable bonds is 7. The highest BCUT2D eigenvalue weighted by Gasteiger charge is 2.18. The summed E-state index contributed by atoms with van der Waals surface area (Å²) in [6.45, 7) is 3.08. The number of guanidine groups is 1. The lowest BCUT2D eigenvalue weighted by molar-refractivity contribution is 0.566. The Morgan fingerprint density at radius 1 is 1.11 bits per heavy atom. The van der Waals surface area contributed by atoms with E-state index in [4.69, 9.17) is 11.6 Å². The highest BCUT2D eigenvalue weighted by atomic mass is 127. The lowest BCUT2D eigenvalue weighted by atomic mass is 10.2. The molecule has 9 heteroatoms. The molecule has 0 spiro atoms. The van der Waals surface area contributed by atoms with Gasteiger partial charge in [0.15, 0.2) is 15.8 Å². The summed E-state index contributed by atoms with van der Waals surface area (Å²) in [6, 6.07) is 12.7. The van der Waals surface area contributed by atoms with Crippen LogP contribution < -0.4 is 10.6 Å². The molecule has 0 aliphatic heterocycles. The van der Waals surface area contributed by atoms with Crippen molar-refractivity contribution in [2.24, 2.45) is 4.99 Å². The minimum atomic E-state index is -3.71. The molecule has 0 aliphatic carbocycles. The van der Waals surface area contributed by atoms with Crippen LogP contribution in [-0.2, 0) is 16.4 Å². The molecule has 5 nitrogen and oxygen atoms in total. The first-order valence-electron chi connectivity index (χ1n) is 8.16. The second kappa shape index (κ2) is 11.5. The van der Waals surface area contributed by atoms with Gasteiger partial charge in [-0.05, 0) is 36.8 Å². The number of nitrogens with zero attached hydrogens (tertiary/aromatic N) is 1. The second-order valence-electron chi connectivity index (χ2n) is 5.50. The zero-order valence-corrected chi connectivity index (χ0v) is 18.7. The summed E-state index contributed by atoms with van der Waals surface area (Å²) in [4.78, 5) is 4.12. The van der Waals surface area contributed by atoms with E-state index in [0.29, 0.717) is 24.1 Å². The molecule has 0 bridgehead atoms. The van der Waals surface area contributed by atoms with Gasteiger partial charge in [-0.1, -0.05) is 35.9 Å². The van der Waals surface area contributed by atoms with E-state index < -0.39 is 15.7 Å². The third-order valence-corrected chi connectivity index (χ3v) is 5.51. The fourth-order valence-electron chi connectivity index (χ4n) is 2.21. The van der Waals surface area contributed by atoms with E-state index in [1.54, 1.807) is 12.1 Å². The summed E-state index contributed by atoms with van der Waals surface area (Å²) in [5.41, 5.74) is 0.977. The molecule has 0 saturated carbocycles. The van der Waals surface area contributed by atoms with E-state index in [9.17, 15) is 12.8 Å². The van der Waals surface area contributed by atoms with Gasteiger partial charge in [-0.15, -0.1) is 24.0 Å². The lowest BCUT2D eigenvalue weighted by Crippen LogP contribution is -2.39. The van der Waals surface area contributed by atoms with Crippen LogP contribution in [0.25, 0.3) is 0 Å². The SMILES string of the molecule is CCNC(=NCc1ccc(Cl)cc1)NCCS(=O)(=O)c1ccccc1F.I. The first kappa shape index (κ1) is 23.6. The molecular weight excluding hydrogens is 504 g/mol. The molecule has 0 unspecified atom stereocenters. The summed E-state index contributed by atoms with van der Waals surface area (Å²) in [5.74, 6) is -0.485. The minimum Gasteiger partial charge on any atom is -0.357 e. The van der Waals surface area contributed by atoms with Crippen LogP contribution in [0.1, 0.15) is 12.5 Å². The molecule has 0 radical (unpaired) electrons. The van der Waals surface area contributed by atoms with Gasteiger partial charge < -0.3 is 10.6 Å². The molecule has 0 fully saturated rings. The Kier molecular flexibility index (Phi) is 10.0. The third-order valence-electron chi connectivity index (χ3n) is 3.51. The van der Waals surface area contributed by atoms with Gasteiger partial charge in [-0.3, -0.25) is 0 Å². The molecule has 2 N–H and O–H groups in total. The second-order valence-corrected chi connectivity index (χ2v) is 8.01. The van der Waals surface area contributed by atoms with E-state index in [1.165, 1.54) is 18.2 Å². The molecule has 0 aromatic heterocycles. The Morgan fingerprint density at radius 3 is 2.41 bits per heavy atom. The van der Waals surface area contributed by atoms with Gasteiger partial charge >= 0.3 is 0 Å². The molecule has 0 atom stereocenters. The van der Waals surface area contributed by atoms with Gasteiger partial charge in [-0.2, -0.15) is 0 Å². The largest absolute Gasteiger partial charge is 0.357 e. The van der Waals surface area contributed by atoms with E-state index in [-0.39, 0.29) is 41.2 Å². The molecule has 2 rings (SSSR count). The summed E-state index contributed by atoms with van der Waals surface area (Å²) < 4.78 is 38.2. The van der Waals surface area contributed by atoms with E-state index in [0.717, 1.165) is 11.6 Å². The summed E-state index contributed by atoms with van der Waals surface area (Å²) in [5, 5.41) is 6.66. The normalized spacial score (nSPS) is 11.6. The fourth-order valence-corrected chi connectivity index (χ4v) is 3.58. The van der Waals surface area contributed by atoms with E-state index in [1.807, 2.05) is 19.1 Å². The molecule has 2 aromatic carbocycles. The number of benzene rings is 2. The topological polar surface area (TPSA) is 70.6 Å². The van der Waals surface area contributed by atoms with Gasteiger partial charge in [0.05, 0.1) is 12.3 Å². The Hall–Kier alpha value is -1.39. The van der Waals surface area contributed by atoms with Crippen molar-refractivity contribution in [3.05, 3.63) is 64.9 Å². The van der Waals surface area contributed by atoms with Crippen molar-refractivity contribution in [2.45, 2.75) is 18.4 Å². The average Bonchev–Trinajstić information content (AvgIpc) is 2.61. The predicted octanol–water partition coefficient (Wildman–Crippen LogP) is 3.63. The minimum absolute atomic E-state index is 0. The van der Waals surface area contributed by atoms with Gasteiger partial charge in [0.2, 0.25) is 0 Å². The van der Waals surface area contributed by atoms with Crippen molar-refractivity contribution in [1.82, 2.24) is 10.6 Å². The van der Waals surface area contributed by atoms with Crippen LogP contribution in [0, 0.1) is 5.82 Å². The first-order valence-corrected chi connectivity index (χ1v) is 10.2. The van der Waals surface area contributed by atoms with Gasteiger partial charge in [0.25, 0.3) is 0 Å². The van der Waals surface area contributed by atoms with Gasteiger partial charge in [0, 0.05) is 18.1 Å². The van der Waals surface area contributed by atoms with Crippen molar-refractivity contribution in [2.75, 3.05) is 18.8 Å². The van der Waals surface area contributed by atoms with Crippen LogP contribution in [-0.4, -0.2) is 33.2 Å². The van der Waals surface area contributed by atoms with Gasteiger partial charge in [-0.25, -0.2) is 17.8 Å². The summed E-state index contributed by atoms with van der Waals surface area (Å²) in [7, 11) is -3.71. The fraction of sp³-hybridized carbons (Fsp3) is 0.278. The molecule has 0 aliphatic rings. The van der Waals surface area contributed by atoms with Crippen molar-refractivity contribution in [3.8, 4) is 0 Å². The van der Waals surface area contributed by atoms with Crippen molar-refractivity contribution in [1.29, 1.82) is 0 Å². The van der Waals surface area contributed by atoms with Crippen LogP contribution >= 0.6 is 35.6 Å². The Morgan fingerprint density at radius 2 is 1.78 bits per heavy atom. The van der Waals surface area contributed by atoms with Crippen molar-refractivity contribution >= 4 is 51.4 Å². The average molecular weight is 526 g/mol. The predicted molar refractivity (Wildman–Crippen MR) is 118 cm³/mol. The van der Waals surface area contributed by atoms with Crippen LogP contribution in [0.3, 0.4) is 0 Å². The van der Waals surface area contributed by atoms with Crippen molar-refractivity contribution < 1.29 is 12.8 Å². The molecule has 148 valence electrons. The quantitative estimate of drug-likeness (QED) is 0.329. The molecule has 0 heterocycles. The molecule has 0 saturated heterocycles. The summed E-state index contributed by atoms with van der Waals surface area (Å²) >= 11 is 5.85. The van der Waals surface area contributed by atoms with E-state index in [2.05, 4.69) is 15.6 Å². The van der Waals surface area contributed by atoms with Crippen LogP contribution in [0.15, 0.2) is 58.4 Å². The molecule has 2 aromatic rings. The number of sulfone groups is 1. The number of hydrogen-bond donors (Lipinski definition) is 2. The summed E-state index contributed by atoms with van der Waals surface area (Å²) in [6.07, 6.45) is 0. The Balaban J connectivity index is 0.00000364. The maximum absolute atomic E-state index is 13.7. The third kappa shape index (κ3) is 7.63. The lowest BCUT2D eigenvalue weighted by Gasteiger charge is -2.12. The van der Waals surface area contributed by atoms with Crippen LogP contribution in [0.2, 0.25) is 5.02 Å². The number of aliphatic imine (C=N–C) groups is 1. The van der Waals surface area contributed by atoms with Crippen molar-refractivity contribution in [3.63, 3.8) is 0 Å². The first-order chi connectivity index (χ1) is 12.4. The standard InChI is InChI=1S/C18H21ClFN3O2S.HI/c1-2-21-18(23-13-14-7-9-15(19)10-8-14)22-11-12-26(24,25)17-6-4-3-5-16(17)20;/h3-10H,2,11-13H2,1H3,(H2,21,22,23);1H. The Labute approximate surface area is 181 Å². The molecule has 27 heavy (non-hydrogen) atoms. The van der Waals surface area contributed by atoms with E-state index >= 15 is 0 Å². The number of hydrogen-bond acceptors (Lipinski definition) is 3. The highest BCUT2D eigenvalue weighted by molar-refractivity contribution is 14.0. The van der Waals surface area contributed by atoms with Crippen LogP contribution in [0.5, 0.6) is 0 Å². The monoisotopic (exact) mass is 525 g/mol. The van der Waals surface area contributed by atoms with Crippen LogP contribution in [0.4, 0.5) is 4.39 Å². The molecule has 0 amide bonds. The maximum Gasteiger partial charge on any atom is 0.191 e. The zero-order chi connectivity index (χ0) is 19.0. The number of nitrogens with one attached hydrogen (secondary N) is 2. The zero-order valence-electron chi connectivity index (χ0n) is 14.8. The smallest absolute Gasteiger partial charge is 0.191 e. The highest BCUT2D eigenvalue weighted by Crippen LogP contribution is 2.14. The van der Waals surface area contributed by atoms with Gasteiger partial charge in [0.1, 0.15) is 10.7 Å². The Bertz CT molecular complexity index is 861.